The lowest BCUT2D eigenvalue weighted by Gasteiger charge is -2.24. The van der Waals surface area contributed by atoms with Gasteiger partial charge in [0.2, 0.25) is 0 Å². The zero-order valence-corrected chi connectivity index (χ0v) is 18.9. The third kappa shape index (κ3) is 4.96. The van der Waals surface area contributed by atoms with E-state index in [1.807, 2.05) is 49.4 Å². The van der Waals surface area contributed by atoms with E-state index >= 15 is 0 Å². The molecule has 0 saturated heterocycles. The quantitative estimate of drug-likeness (QED) is 0.359. The highest BCUT2D eigenvalue weighted by Crippen LogP contribution is 2.23. The SMILES string of the molecule is Cc1ccc2cc(CN(Cc3ccccc3Cl)C(=O)Nc3ccccc3Cl)c(=O)[nH]c2c1. The van der Waals surface area contributed by atoms with Crippen LogP contribution in [0.15, 0.2) is 77.6 Å². The molecule has 5 nitrogen and oxygen atoms in total. The summed E-state index contributed by atoms with van der Waals surface area (Å²) in [4.78, 5) is 30.4. The highest BCUT2D eigenvalue weighted by Gasteiger charge is 2.19. The lowest BCUT2D eigenvalue weighted by Crippen LogP contribution is -2.36. The number of aryl methyl sites for hydroxylation is 1. The maximum absolute atomic E-state index is 13.2. The number of amides is 2. The first-order valence-electron chi connectivity index (χ1n) is 10.1. The van der Waals surface area contributed by atoms with Crippen molar-refractivity contribution in [2.45, 2.75) is 20.0 Å². The Balaban J connectivity index is 1.68. The van der Waals surface area contributed by atoms with Gasteiger partial charge in [0.15, 0.2) is 0 Å². The van der Waals surface area contributed by atoms with Crippen molar-refractivity contribution >= 4 is 45.8 Å². The fourth-order valence-electron chi connectivity index (χ4n) is 3.47. The van der Waals surface area contributed by atoms with Crippen LogP contribution in [0.5, 0.6) is 0 Å². The van der Waals surface area contributed by atoms with Gasteiger partial charge in [-0.05, 0) is 53.8 Å². The second kappa shape index (κ2) is 9.47. The Hall–Kier alpha value is -3.28. The predicted octanol–water partition coefficient (Wildman–Crippen LogP) is 6.38. The van der Waals surface area contributed by atoms with Crippen molar-refractivity contribution in [2.24, 2.45) is 0 Å². The van der Waals surface area contributed by atoms with E-state index in [2.05, 4.69) is 10.3 Å². The summed E-state index contributed by atoms with van der Waals surface area (Å²) in [5, 5.41) is 4.71. The Morgan fingerprint density at radius 1 is 0.906 bits per heavy atom. The topological polar surface area (TPSA) is 65.2 Å². The highest BCUT2D eigenvalue weighted by molar-refractivity contribution is 6.33. The summed E-state index contributed by atoms with van der Waals surface area (Å²) in [6.45, 7) is 2.29. The maximum Gasteiger partial charge on any atom is 0.322 e. The minimum Gasteiger partial charge on any atom is -0.322 e. The number of anilines is 1. The number of carbonyl (C=O) groups excluding carboxylic acids is 1. The molecule has 0 saturated carbocycles. The summed E-state index contributed by atoms with van der Waals surface area (Å²) in [5.41, 5.74) is 3.32. The number of carbonyl (C=O) groups is 1. The minimum atomic E-state index is -0.388. The van der Waals surface area contributed by atoms with E-state index in [1.165, 1.54) is 4.90 Å². The normalized spacial score (nSPS) is 10.8. The van der Waals surface area contributed by atoms with Crippen LogP contribution in [0.3, 0.4) is 0 Å². The number of aromatic nitrogens is 1. The fourth-order valence-corrected chi connectivity index (χ4v) is 3.85. The zero-order valence-electron chi connectivity index (χ0n) is 17.4. The van der Waals surface area contributed by atoms with Gasteiger partial charge in [0.25, 0.3) is 5.56 Å². The number of urea groups is 1. The number of H-pyrrole nitrogens is 1. The van der Waals surface area contributed by atoms with Gasteiger partial charge in [-0.15, -0.1) is 0 Å². The largest absolute Gasteiger partial charge is 0.322 e. The molecule has 0 spiro atoms. The number of benzene rings is 3. The summed E-state index contributed by atoms with van der Waals surface area (Å²) in [7, 11) is 0. The van der Waals surface area contributed by atoms with Crippen LogP contribution >= 0.6 is 23.2 Å². The number of fused-ring (bicyclic) bond motifs is 1. The lowest BCUT2D eigenvalue weighted by atomic mass is 10.1. The van der Waals surface area contributed by atoms with Gasteiger partial charge in [-0.25, -0.2) is 4.79 Å². The van der Waals surface area contributed by atoms with Crippen molar-refractivity contribution in [2.75, 3.05) is 5.32 Å². The Morgan fingerprint density at radius 2 is 1.59 bits per heavy atom. The molecular weight excluding hydrogens is 445 g/mol. The monoisotopic (exact) mass is 465 g/mol. The van der Waals surface area contributed by atoms with Gasteiger partial charge >= 0.3 is 6.03 Å². The van der Waals surface area contributed by atoms with E-state index in [1.54, 1.807) is 30.3 Å². The molecule has 0 radical (unpaired) electrons. The Morgan fingerprint density at radius 3 is 2.34 bits per heavy atom. The van der Waals surface area contributed by atoms with Gasteiger partial charge in [-0.2, -0.15) is 0 Å². The van der Waals surface area contributed by atoms with Crippen LogP contribution in [0, 0.1) is 6.92 Å². The highest BCUT2D eigenvalue weighted by atomic mass is 35.5. The van der Waals surface area contributed by atoms with E-state index in [-0.39, 0.29) is 24.7 Å². The number of pyridine rings is 1. The second-order valence-electron chi connectivity index (χ2n) is 7.57. The van der Waals surface area contributed by atoms with Gasteiger partial charge in [0, 0.05) is 22.6 Å². The minimum absolute atomic E-state index is 0.0979. The Labute approximate surface area is 195 Å². The third-order valence-corrected chi connectivity index (χ3v) is 5.86. The number of rotatable bonds is 5. The van der Waals surface area contributed by atoms with Gasteiger partial charge < -0.3 is 15.2 Å². The molecule has 4 aromatic rings. The molecule has 0 unspecified atom stereocenters. The zero-order chi connectivity index (χ0) is 22.7. The standard InChI is InChI=1S/C25H21Cl2N3O2/c1-16-10-11-17-13-19(24(31)28-23(17)12-16)15-30(14-18-6-2-3-7-20(18)26)25(32)29-22-9-5-4-8-21(22)27/h2-13H,14-15H2,1H3,(H,28,31)(H,29,32). The van der Waals surface area contributed by atoms with Crippen LogP contribution in [0.1, 0.15) is 16.7 Å². The van der Waals surface area contributed by atoms with E-state index in [4.69, 9.17) is 23.2 Å². The average molecular weight is 466 g/mol. The third-order valence-electron chi connectivity index (χ3n) is 5.16. The smallest absolute Gasteiger partial charge is 0.322 e. The molecule has 2 N–H and O–H groups in total. The molecule has 162 valence electrons. The summed E-state index contributed by atoms with van der Waals surface area (Å²) in [6.07, 6.45) is 0. The van der Waals surface area contributed by atoms with Gasteiger partial charge in [0.1, 0.15) is 0 Å². The second-order valence-corrected chi connectivity index (χ2v) is 8.39. The number of hydrogen-bond acceptors (Lipinski definition) is 2. The van der Waals surface area contributed by atoms with Gasteiger partial charge in [0.05, 0.1) is 17.3 Å². The Kier molecular flexibility index (Phi) is 6.49. The van der Waals surface area contributed by atoms with E-state index in [9.17, 15) is 9.59 Å². The van der Waals surface area contributed by atoms with Gasteiger partial charge in [-0.1, -0.05) is 65.7 Å². The predicted molar refractivity (Wildman–Crippen MR) is 130 cm³/mol. The molecule has 7 heteroatoms. The Bertz CT molecular complexity index is 1350. The van der Waals surface area contributed by atoms with Crippen molar-refractivity contribution in [1.29, 1.82) is 0 Å². The molecule has 3 aromatic carbocycles. The number of aromatic amines is 1. The number of nitrogens with zero attached hydrogens (tertiary/aromatic N) is 1. The summed E-state index contributed by atoms with van der Waals surface area (Å²) < 4.78 is 0. The van der Waals surface area contributed by atoms with Crippen LogP contribution in [0.25, 0.3) is 10.9 Å². The van der Waals surface area contributed by atoms with Crippen molar-refractivity contribution < 1.29 is 4.79 Å². The molecule has 0 atom stereocenters. The summed E-state index contributed by atoms with van der Waals surface area (Å²) >= 11 is 12.6. The summed E-state index contributed by atoms with van der Waals surface area (Å²) in [5.74, 6) is 0. The number of nitrogens with one attached hydrogen (secondary N) is 2. The number of hydrogen-bond donors (Lipinski definition) is 2. The van der Waals surface area contributed by atoms with Crippen LogP contribution in [-0.2, 0) is 13.1 Å². The average Bonchev–Trinajstić information content (AvgIpc) is 2.76. The van der Waals surface area contributed by atoms with Gasteiger partial charge in [-0.3, -0.25) is 4.79 Å². The van der Waals surface area contributed by atoms with Crippen molar-refractivity contribution in [3.8, 4) is 0 Å². The molecule has 0 aliphatic heterocycles. The molecule has 2 amide bonds. The first kappa shape index (κ1) is 21.9. The molecule has 4 rings (SSSR count). The van der Waals surface area contributed by atoms with Crippen LogP contribution in [-0.4, -0.2) is 15.9 Å². The summed E-state index contributed by atoms with van der Waals surface area (Å²) in [6, 6.07) is 21.6. The molecular formula is C25H21Cl2N3O2. The lowest BCUT2D eigenvalue weighted by molar-refractivity contribution is 0.206. The maximum atomic E-state index is 13.2. The van der Waals surface area contributed by atoms with Crippen molar-refractivity contribution in [3.63, 3.8) is 0 Å². The molecule has 0 aliphatic rings. The first-order valence-corrected chi connectivity index (χ1v) is 10.8. The van der Waals surface area contributed by atoms with E-state index in [0.29, 0.717) is 21.3 Å². The van der Waals surface area contributed by atoms with Crippen LogP contribution < -0.4 is 10.9 Å². The van der Waals surface area contributed by atoms with Crippen LogP contribution in [0.2, 0.25) is 10.0 Å². The number of para-hydroxylation sites is 1. The molecule has 1 aromatic heterocycles. The molecule has 0 aliphatic carbocycles. The fraction of sp³-hybridized carbons (Fsp3) is 0.120. The van der Waals surface area contributed by atoms with E-state index < -0.39 is 0 Å². The molecule has 0 fully saturated rings. The van der Waals surface area contributed by atoms with E-state index in [0.717, 1.165) is 22.0 Å². The van der Waals surface area contributed by atoms with Crippen molar-refractivity contribution in [1.82, 2.24) is 9.88 Å². The van der Waals surface area contributed by atoms with Crippen LogP contribution in [0.4, 0.5) is 10.5 Å². The van der Waals surface area contributed by atoms with Crippen molar-refractivity contribution in [3.05, 3.63) is 110 Å². The number of halogens is 2. The first-order chi connectivity index (χ1) is 15.4. The molecule has 32 heavy (non-hydrogen) atoms. The molecule has 1 heterocycles. The molecule has 0 bridgehead atoms.